The third kappa shape index (κ3) is 4.83. The molecular weight excluding hydrogens is 280 g/mol. The van der Waals surface area contributed by atoms with E-state index >= 15 is 0 Å². The highest BCUT2D eigenvalue weighted by Gasteiger charge is 2.06. The van der Waals surface area contributed by atoms with Crippen LogP contribution in [0, 0.1) is 10.1 Å². The number of non-ortho nitro benzene ring substituents is 1. The summed E-state index contributed by atoms with van der Waals surface area (Å²) in [6.07, 6.45) is 0. The second kappa shape index (κ2) is 7.94. The Morgan fingerprint density at radius 2 is 1.38 bits per heavy atom. The fraction of sp³-hybridized carbons (Fsp3) is 0.200. The van der Waals surface area contributed by atoms with Crippen LogP contribution >= 0.6 is 0 Å². The van der Waals surface area contributed by atoms with Gasteiger partial charge in [-0.1, -0.05) is 26.0 Å². The molecule has 0 radical (unpaired) electrons. The molecule has 0 spiro atoms. The van der Waals surface area contributed by atoms with Crippen LogP contribution in [0.2, 0.25) is 0 Å². The molecule has 0 aliphatic heterocycles. The zero-order chi connectivity index (χ0) is 15.8. The summed E-state index contributed by atoms with van der Waals surface area (Å²) < 4.78 is 28.2. The number of ether oxygens (including phenoxy) is 1. The quantitative estimate of drug-likeness (QED) is 0.596. The first-order chi connectivity index (χ1) is 10.1. The second-order valence-electron chi connectivity index (χ2n) is 3.71. The molecule has 2 rings (SSSR count). The van der Waals surface area contributed by atoms with Crippen molar-refractivity contribution in [2.75, 3.05) is 0 Å². The van der Waals surface area contributed by atoms with Gasteiger partial charge in [-0.2, -0.15) is 8.78 Å². The van der Waals surface area contributed by atoms with Crippen molar-refractivity contribution in [2.24, 2.45) is 0 Å². The van der Waals surface area contributed by atoms with E-state index in [1.54, 1.807) is 24.3 Å². The summed E-state index contributed by atoms with van der Waals surface area (Å²) in [5.41, 5.74) is 1.52. The fourth-order valence-corrected chi connectivity index (χ4v) is 1.60. The minimum atomic E-state index is -2.86. The molecule has 2 aromatic rings. The summed E-state index contributed by atoms with van der Waals surface area (Å²) in [7, 11) is 0. The standard InChI is InChI=1S/C13H9F2NO3.C2H6/c14-13(15)19-12-7-3-10(4-8-12)9-1-5-11(6-2-9)16(17)18;1-2/h1-8,13H;1-2H3. The average molecular weight is 295 g/mol. The van der Waals surface area contributed by atoms with Gasteiger partial charge in [0.15, 0.2) is 0 Å². The Balaban J connectivity index is 0.00000106. The number of nitro groups is 1. The van der Waals surface area contributed by atoms with Crippen LogP contribution in [-0.2, 0) is 0 Å². The maximum atomic E-state index is 12.0. The molecule has 0 aromatic heterocycles. The molecule has 0 bridgehead atoms. The lowest BCUT2D eigenvalue weighted by molar-refractivity contribution is -0.384. The maximum Gasteiger partial charge on any atom is 0.387 e. The van der Waals surface area contributed by atoms with E-state index in [1.807, 2.05) is 13.8 Å². The molecule has 0 saturated carbocycles. The lowest BCUT2D eigenvalue weighted by Gasteiger charge is -2.05. The van der Waals surface area contributed by atoms with E-state index in [4.69, 9.17) is 0 Å². The van der Waals surface area contributed by atoms with Crippen molar-refractivity contribution >= 4 is 5.69 Å². The summed E-state index contributed by atoms with van der Waals surface area (Å²) in [6.45, 7) is 1.14. The van der Waals surface area contributed by atoms with Crippen LogP contribution < -0.4 is 4.74 Å². The first-order valence-electron chi connectivity index (χ1n) is 6.36. The summed E-state index contributed by atoms with van der Waals surface area (Å²) in [6, 6.07) is 12.0. The molecule has 21 heavy (non-hydrogen) atoms. The Kier molecular flexibility index (Phi) is 6.26. The lowest BCUT2D eigenvalue weighted by Crippen LogP contribution is -2.01. The second-order valence-corrected chi connectivity index (χ2v) is 3.71. The first-order valence-corrected chi connectivity index (χ1v) is 6.36. The van der Waals surface area contributed by atoms with Crippen molar-refractivity contribution in [3.63, 3.8) is 0 Å². The molecule has 0 fully saturated rings. The van der Waals surface area contributed by atoms with Gasteiger partial charge in [0.25, 0.3) is 5.69 Å². The van der Waals surface area contributed by atoms with E-state index in [-0.39, 0.29) is 11.4 Å². The minimum Gasteiger partial charge on any atom is -0.435 e. The van der Waals surface area contributed by atoms with E-state index in [2.05, 4.69) is 4.74 Å². The van der Waals surface area contributed by atoms with Crippen molar-refractivity contribution in [3.8, 4) is 16.9 Å². The molecule has 6 heteroatoms. The summed E-state index contributed by atoms with van der Waals surface area (Å²) in [5.74, 6) is 0.0701. The number of benzene rings is 2. The van der Waals surface area contributed by atoms with Crippen LogP contribution in [0.5, 0.6) is 5.75 Å². The Morgan fingerprint density at radius 1 is 0.952 bits per heavy atom. The molecule has 0 aliphatic rings. The van der Waals surface area contributed by atoms with Gasteiger partial charge >= 0.3 is 6.61 Å². The van der Waals surface area contributed by atoms with Gasteiger partial charge in [-0.25, -0.2) is 0 Å². The molecule has 2 aromatic carbocycles. The van der Waals surface area contributed by atoms with Gasteiger partial charge in [0.05, 0.1) is 4.92 Å². The van der Waals surface area contributed by atoms with Gasteiger partial charge < -0.3 is 4.74 Å². The smallest absolute Gasteiger partial charge is 0.387 e. The van der Waals surface area contributed by atoms with E-state index < -0.39 is 11.5 Å². The van der Waals surface area contributed by atoms with E-state index in [9.17, 15) is 18.9 Å². The van der Waals surface area contributed by atoms with Gasteiger partial charge in [0.2, 0.25) is 0 Å². The monoisotopic (exact) mass is 295 g/mol. The number of hydrogen-bond donors (Lipinski definition) is 0. The molecule has 0 heterocycles. The van der Waals surface area contributed by atoms with E-state index in [0.29, 0.717) is 0 Å². The number of rotatable bonds is 4. The van der Waals surface area contributed by atoms with Crippen LogP contribution in [0.25, 0.3) is 11.1 Å². The van der Waals surface area contributed by atoms with Crippen molar-refractivity contribution in [1.29, 1.82) is 0 Å². The zero-order valence-electron chi connectivity index (χ0n) is 11.6. The molecule has 4 nitrogen and oxygen atoms in total. The summed E-state index contributed by atoms with van der Waals surface area (Å²) in [5, 5.41) is 10.5. The Bertz CT molecular complexity index is 568. The molecule has 0 aliphatic carbocycles. The predicted molar refractivity (Wildman–Crippen MR) is 76.5 cm³/mol. The first kappa shape index (κ1) is 16.6. The van der Waals surface area contributed by atoms with E-state index in [0.717, 1.165) is 11.1 Å². The van der Waals surface area contributed by atoms with Crippen molar-refractivity contribution in [3.05, 3.63) is 58.6 Å². The Hall–Kier alpha value is -2.50. The van der Waals surface area contributed by atoms with Crippen LogP contribution in [-0.4, -0.2) is 11.5 Å². The number of alkyl halides is 2. The third-order valence-corrected chi connectivity index (χ3v) is 2.49. The Morgan fingerprint density at radius 3 is 1.76 bits per heavy atom. The van der Waals surface area contributed by atoms with Crippen molar-refractivity contribution < 1.29 is 18.4 Å². The number of nitro benzene ring substituents is 1. The Labute approximate surface area is 121 Å². The topological polar surface area (TPSA) is 52.4 Å². The molecule has 0 N–H and O–H groups in total. The highest BCUT2D eigenvalue weighted by atomic mass is 19.3. The predicted octanol–water partition coefficient (Wildman–Crippen LogP) is 4.89. The summed E-state index contributed by atoms with van der Waals surface area (Å²) >= 11 is 0. The minimum absolute atomic E-state index is 0.00130. The number of halogens is 2. The average Bonchev–Trinajstić information content (AvgIpc) is 2.49. The molecule has 112 valence electrons. The number of nitrogens with zero attached hydrogens (tertiary/aromatic N) is 1. The van der Waals surface area contributed by atoms with E-state index in [1.165, 1.54) is 24.3 Å². The maximum absolute atomic E-state index is 12.0. The van der Waals surface area contributed by atoms with Gasteiger partial charge in [-0.15, -0.1) is 0 Å². The van der Waals surface area contributed by atoms with Gasteiger partial charge in [0, 0.05) is 12.1 Å². The molecule has 0 saturated heterocycles. The zero-order valence-corrected chi connectivity index (χ0v) is 11.6. The molecular formula is C15H15F2NO3. The molecule has 0 amide bonds. The van der Waals surface area contributed by atoms with Crippen molar-refractivity contribution in [2.45, 2.75) is 20.5 Å². The van der Waals surface area contributed by atoms with Crippen LogP contribution in [0.4, 0.5) is 14.5 Å². The fourth-order valence-electron chi connectivity index (χ4n) is 1.60. The van der Waals surface area contributed by atoms with Gasteiger partial charge in [-0.3, -0.25) is 10.1 Å². The van der Waals surface area contributed by atoms with Crippen LogP contribution in [0.3, 0.4) is 0 Å². The molecule has 0 unspecified atom stereocenters. The highest BCUT2D eigenvalue weighted by Crippen LogP contribution is 2.25. The highest BCUT2D eigenvalue weighted by molar-refractivity contribution is 5.65. The van der Waals surface area contributed by atoms with Gasteiger partial charge in [-0.05, 0) is 35.4 Å². The summed E-state index contributed by atoms with van der Waals surface area (Å²) in [4.78, 5) is 10.0. The van der Waals surface area contributed by atoms with Crippen LogP contribution in [0.15, 0.2) is 48.5 Å². The largest absolute Gasteiger partial charge is 0.435 e. The SMILES string of the molecule is CC.O=[N+]([O-])c1ccc(-c2ccc(OC(F)F)cc2)cc1. The number of hydrogen-bond acceptors (Lipinski definition) is 3. The van der Waals surface area contributed by atoms with Crippen LogP contribution in [0.1, 0.15) is 13.8 Å². The normalized spacial score (nSPS) is 9.76. The third-order valence-electron chi connectivity index (χ3n) is 2.49. The van der Waals surface area contributed by atoms with Crippen molar-refractivity contribution in [1.82, 2.24) is 0 Å². The lowest BCUT2D eigenvalue weighted by atomic mass is 10.1. The molecule has 0 atom stereocenters. The van der Waals surface area contributed by atoms with Gasteiger partial charge in [0.1, 0.15) is 5.75 Å².